The normalized spacial score (nSPS) is 16.1. The smallest absolute Gasteiger partial charge is 0.247 e. The zero-order valence-electron chi connectivity index (χ0n) is 24.1. The summed E-state index contributed by atoms with van der Waals surface area (Å²) >= 11 is 0. The van der Waals surface area contributed by atoms with E-state index in [2.05, 4.69) is 26.0 Å². The molecule has 0 aliphatic carbocycles. The number of ether oxygens (including phenoxy) is 1. The van der Waals surface area contributed by atoms with Crippen LogP contribution < -0.4 is 9.80 Å². The number of aryl methyl sites for hydroxylation is 3. The summed E-state index contributed by atoms with van der Waals surface area (Å²) in [5.74, 6) is 0.700. The number of rotatable bonds is 9. The first-order valence-electron chi connectivity index (χ1n) is 14.0. The topological polar surface area (TPSA) is 67.7 Å². The number of para-hydroxylation sites is 4. The minimum atomic E-state index is -0.160. The second-order valence-electron chi connectivity index (χ2n) is 10.7. The van der Waals surface area contributed by atoms with E-state index in [0.29, 0.717) is 19.6 Å². The Morgan fingerprint density at radius 2 is 1.77 bits per heavy atom. The summed E-state index contributed by atoms with van der Waals surface area (Å²) in [5.41, 5.74) is 6.85. The molecular formula is C33H38N4O3. The molecule has 208 valence electrons. The number of anilines is 2. The number of hydrogen-bond donors (Lipinski definition) is 0. The molecule has 0 bridgehead atoms. The molecular weight excluding hydrogens is 500 g/mol. The van der Waals surface area contributed by atoms with E-state index in [9.17, 15) is 9.59 Å². The molecule has 2 amide bonds. The van der Waals surface area contributed by atoms with E-state index in [1.807, 2.05) is 82.8 Å². The quantitative estimate of drug-likeness (QED) is 0.270. The Hall–Kier alpha value is -3.97. The maximum Gasteiger partial charge on any atom is 0.247 e. The maximum atomic E-state index is 14.3. The lowest BCUT2D eigenvalue weighted by Gasteiger charge is -2.32. The Kier molecular flexibility index (Phi) is 8.03. The fourth-order valence-electron chi connectivity index (χ4n) is 6.02. The van der Waals surface area contributed by atoms with Gasteiger partial charge in [-0.05, 0) is 62.1 Å². The van der Waals surface area contributed by atoms with E-state index in [-0.39, 0.29) is 30.3 Å². The van der Waals surface area contributed by atoms with Crippen molar-refractivity contribution in [3.8, 4) is 0 Å². The Morgan fingerprint density at radius 1 is 1.05 bits per heavy atom. The lowest BCUT2D eigenvalue weighted by Crippen LogP contribution is -2.44. The maximum absolute atomic E-state index is 14.3. The average molecular weight is 539 g/mol. The van der Waals surface area contributed by atoms with Gasteiger partial charge in [0.1, 0.15) is 12.4 Å². The third kappa shape index (κ3) is 5.13. The van der Waals surface area contributed by atoms with Gasteiger partial charge < -0.3 is 19.1 Å². The molecule has 3 aromatic carbocycles. The number of imidazole rings is 1. The van der Waals surface area contributed by atoms with Gasteiger partial charge in [0, 0.05) is 31.7 Å². The second kappa shape index (κ2) is 11.6. The summed E-state index contributed by atoms with van der Waals surface area (Å²) in [7, 11) is 1.66. The zero-order valence-corrected chi connectivity index (χ0v) is 24.1. The third-order valence-electron chi connectivity index (χ3n) is 7.93. The minimum Gasteiger partial charge on any atom is -0.383 e. The lowest BCUT2D eigenvalue weighted by atomic mass is 10.0. The molecule has 1 aliphatic rings. The predicted molar refractivity (Wildman–Crippen MR) is 160 cm³/mol. The molecule has 2 atom stereocenters. The van der Waals surface area contributed by atoms with Crippen LogP contribution in [0.3, 0.4) is 0 Å². The van der Waals surface area contributed by atoms with E-state index >= 15 is 0 Å². The van der Waals surface area contributed by atoms with Crippen LogP contribution in [0.2, 0.25) is 0 Å². The van der Waals surface area contributed by atoms with Crippen LogP contribution in [0.4, 0.5) is 11.4 Å². The molecule has 4 aromatic rings. The molecule has 1 aromatic heterocycles. The summed E-state index contributed by atoms with van der Waals surface area (Å²) < 4.78 is 7.52. The van der Waals surface area contributed by atoms with Gasteiger partial charge in [0.2, 0.25) is 11.8 Å². The summed E-state index contributed by atoms with van der Waals surface area (Å²) in [6, 6.07) is 21.9. The van der Waals surface area contributed by atoms with Gasteiger partial charge in [0.15, 0.2) is 0 Å². The molecule has 0 saturated carbocycles. The number of carbonyl (C=O) groups excluding carboxylic acids is 2. The monoisotopic (exact) mass is 538 g/mol. The van der Waals surface area contributed by atoms with Gasteiger partial charge >= 0.3 is 0 Å². The molecule has 0 radical (unpaired) electrons. The van der Waals surface area contributed by atoms with Crippen molar-refractivity contribution in [2.24, 2.45) is 0 Å². The first-order valence-corrected chi connectivity index (χ1v) is 14.0. The summed E-state index contributed by atoms with van der Waals surface area (Å²) in [4.78, 5) is 36.3. The number of aromatic nitrogens is 2. The standard InChI is InChI=1S/C33H38N4O3/c1-6-25-14-11-13-23(3)32(25)37(24(4)21-40-5)31(39)20-36-29-17-10-8-15-27(29)34-33(36)26-18-30(38)35(19-26)28-16-9-7-12-22(28)2/h7-17,24,26H,6,18-21H2,1-5H3. The fraction of sp³-hybridized carbons (Fsp3) is 0.364. The van der Waals surface area contributed by atoms with Crippen molar-refractivity contribution in [2.45, 2.75) is 59.0 Å². The molecule has 40 heavy (non-hydrogen) atoms. The van der Waals surface area contributed by atoms with Crippen molar-refractivity contribution < 1.29 is 14.3 Å². The number of carbonyl (C=O) groups is 2. The minimum absolute atomic E-state index is 0.0296. The number of hydrogen-bond acceptors (Lipinski definition) is 4. The first-order chi connectivity index (χ1) is 19.3. The van der Waals surface area contributed by atoms with Crippen molar-refractivity contribution in [3.63, 3.8) is 0 Å². The van der Waals surface area contributed by atoms with Crippen LogP contribution in [0.25, 0.3) is 11.0 Å². The number of methoxy groups -OCH3 is 1. The van der Waals surface area contributed by atoms with E-state index in [1.54, 1.807) is 7.11 Å². The zero-order chi connectivity index (χ0) is 28.4. The lowest BCUT2D eigenvalue weighted by molar-refractivity contribution is -0.120. The van der Waals surface area contributed by atoms with Crippen molar-refractivity contribution in [2.75, 3.05) is 30.1 Å². The molecule has 7 nitrogen and oxygen atoms in total. The number of fused-ring (bicyclic) bond motifs is 1. The van der Waals surface area contributed by atoms with Crippen LogP contribution in [0.1, 0.15) is 48.7 Å². The SMILES string of the molecule is CCc1cccc(C)c1N(C(=O)Cn1c(C2CC(=O)N(c3ccccc3C)C2)nc2ccccc21)C(C)COC. The highest BCUT2D eigenvalue weighted by molar-refractivity contribution is 5.98. The van der Waals surface area contributed by atoms with Gasteiger partial charge in [-0.25, -0.2) is 4.98 Å². The highest BCUT2D eigenvalue weighted by atomic mass is 16.5. The van der Waals surface area contributed by atoms with Gasteiger partial charge in [-0.3, -0.25) is 9.59 Å². The van der Waals surface area contributed by atoms with Crippen LogP contribution >= 0.6 is 0 Å². The average Bonchev–Trinajstić information content (AvgIpc) is 3.50. The predicted octanol–water partition coefficient (Wildman–Crippen LogP) is 5.80. The molecule has 0 spiro atoms. The molecule has 1 aliphatic heterocycles. The van der Waals surface area contributed by atoms with Gasteiger partial charge in [-0.1, -0.05) is 55.5 Å². The van der Waals surface area contributed by atoms with Gasteiger partial charge in [-0.15, -0.1) is 0 Å². The van der Waals surface area contributed by atoms with E-state index in [1.165, 1.54) is 0 Å². The Bertz CT molecular complexity index is 1540. The van der Waals surface area contributed by atoms with Crippen molar-refractivity contribution in [1.82, 2.24) is 9.55 Å². The van der Waals surface area contributed by atoms with Crippen LogP contribution in [-0.4, -0.2) is 47.7 Å². The molecule has 0 N–H and O–H groups in total. The molecule has 7 heteroatoms. The number of nitrogens with zero attached hydrogens (tertiary/aromatic N) is 4. The fourth-order valence-corrected chi connectivity index (χ4v) is 6.02. The number of amides is 2. The Labute approximate surface area is 236 Å². The van der Waals surface area contributed by atoms with Crippen molar-refractivity contribution in [3.05, 3.63) is 89.2 Å². The van der Waals surface area contributed by atoms with Gasteiger partial charge in [0.25, 0.3) is 0 Å². The third-order valence-corrected chi connectivity index (χ3v) is 7.93. The van der Waals surface area contributed by atoms with Crippen LogP contribution in [0.15, 0.2) is 66.7 Å². The summed E-state index contributed by atoms with van der Waals surface area (Å²) in [6.45, 7) is 9.28. The van der Waals surface area contributed by atoms with Crippen molar-refractivity contribution in [1.29, 1.82) is 0 Å². The molecule has 5 rings (SSSR count). The van der Waals surface area contributed by atoms with Crippen LogP contribution in [0.5, 0.6) is 0 Å². The molecule has 1 fully saturated rings. The highest BCUT2D eigenvalue weighted by Gasteiger charge is 2.36. The highest BCUT2D eigenvalue weighted by Crippen LogP contribution is 2.35. The second-order valence-corrected chi connectivity index (χ2v) is 10.7. The summed E-state index contributed by atoms with van der Waals surface area (Å²) in [6.07, 6.45) is 1.17. The van der Waals surface area contributed by atoms with Crippen molar-refractivity contribution >= 4 is 34.2 Å². The largest absolute Gasteiger partial charge is 0.383 e. The van der Waals surface area contributed by atoms with Crippen LogP contribution in [0, 0.1) is 13.8 Å². The Morgan fingerprint density at radius 3 is 2.52 bits per heavy atom. The van der Waals surface area contributed by atoms with E-state index in [0.717, 1.165) is 51.3 Å². The van der Waals surface area contributed by atoms with Gasteiger partial charge in [0.05, 0.1) is 29.4 Å². The molecule has 2 unspecified atom stereocenters. The summed E-state index contributed by atoms with van der Waals surface area (Å²) in [5, 5.41) is 0. The van der Waals surface area contributed by atoms with E-state index < -0.39 is 0 Å². The van der Waals surface area contributed by atoms with E-state index in [4.69, 9.17) is 9.72 Å². The van der Waals surface area contributed by atoms with Crippen LogP contribution in [-0.2, 0) is 27.3 Å². The first kappa shape index (κ1) is 27.6. The van der Waals surface area contributed by atoms with Gasteiger partial charge in [-0.2, -0.15) is 0 Å². The molecule has 2 heterocycles. The number of benzene rings is 3. The molecule has 1 saturated heterocycles. The Balaban J connectivity index is 1.54.